The summed E-state index contributed by atoms with van der Waals surface area (Å²) in [6.07, 6.45) is 5.14. The lowest BCUT2D eigenvalue weighted by atomic mass is 10.0. The van der Waals surface area contributed by atoms with Crippen LogP contribution < -0.4 is 5.32 Å². The van der Waals surface area contributed by atoms with Gasteiger partial charge in [0.1, 0.15) is 0 Å². The lowest BCUT2D eigenvalue weighted by Gasteiger charge is -2.19. The maximum Gasteiger partial charge on any atom is 0.0323 e. The van der Waals surface area contributed by atoms with E-state index in [9.17, 15) is 0 Å². The molecule has 1 aliphatic rings. The largest absolute Gasteiger partial charge is 0.306 e. The fourth-order valence-electron chi connectivity index (χ4n) is 2.93. The molecule has 1 N–H and O–H groups in total. The van der Waals surface area contributed by atoms with Crippen LogP contribution in [-0.2, 0) is 6.54 Å². The van der Waals surface area contributed by atoms with Crippen molar-refractivity contribution < 1.29 is 0 Å². The molecule has 2 aromatic rings. The van der Waals surface area contributed by atoms with Crippen LogP contribution in [0.25, 0.3) is 0 Å². The highest BCUT2D eigenvalue weighted by molar-refractivity contribution is 5.28. The van der Waals surface area contributed by atoms with Crippen molar-refractivity contribution in [3.8, 4) is 0 Å². The predicted molar refractivity (Wildman–Crippen MR) is 89.3 cm³/mol. The van der Waals surface area contributed by atoms with E-state index in [1.165, 1.54) is 42.4 Å². The van der Waals surface area contributed by atoms with E-state index in [2.05, 4.69) is 66.8 Å². The fourth-order valence-corrected chi connectivity index (χ4v) is 2.93. The molecule has 0 saturated heterocycles. The minimum absolute atomic E-state index is 0.458. The van der Waals surface area contributed by atoms with Crippen LogP contribution in [0.2, 0.25) is 0 Å². The Morgan fingerprint density at radius 3 is 2.33 bits per heavy atom. The van der Waals surface area contributed by atoms with Crippen molar-refractivity contribution in [2.45, 2.75) is 51.1 Å². The van der Waals surface area contributed by atoms with Gasteiger partial charge >= 0.3 is 0 Å². The first-order chi connectivity index (χ1) is 10.4. The summed E-state index contributed by atoms with van der Waals surface area (Å²) >= 11 is 0. The summed E-state index contributed by atoms with van der Waals surface area (Å²) in [5, 5.41) is 3.72. The highest BCUT2D eigenvalue weighted by Crippen LogP contribution is 2.39. The molecule has 2 aromatic carbocycles. The number of rotatable bonds is 7. The minimum Gasteiger partial charge on any atom is -0.306 e. The number of nitrogens with one attached hydrogen (secondary N) is 1. The van der Waals surface area contributed by atoms with E-state index in [-0.39, 0.29) is 0 Å². The van der Waals surface area contributed by atoms with Crippen LogP contribution in [0.3, 0.4) is 0 Å². The summed E-state index contributed by atoms with van der Waals surface area (Å²) in [6, 6.07) is 20.4. The molecule has 0 bridgehead atoms. The molecule has 1 atom stereocenters. The Morgan fingerprint density at radius 2 is 1.71 bits per heavy atom. The van der Waals surface area contributed by atoms with Gasteiger partial charge in [-0.15, -0.1) is 0 Å². The third-order valence-electron chi connectivity index (χ3n) is 4.36. The van der Waals surface area contributed by atoms with Gasteiger partial charge in [0, 0.05) is 12.6 Å². The Hall–Kier alpha value is -1.60. The first-order valence-corrected chi connectivity index (χ1v) is 8.24. The maximum absolute atomic E-state index is 3.72. The van der Waals surface area contributed by atoms with Gasteiger partial charge in [-0.05, 0) is 41.9 Å². The van der Waals surface area contributed by atoms with Crippen LogP contribution >= 0.6 is 0 Å². The average molecular weight is 279 g/mol. The molecule has 21 heavy (non-hydrogen) atoms. The van der Waals surface area contributed by atoms with Gasteiger partial charge in [0.15, 0.2) is 0 Å². The second kappa shape index (κ2) is 6.91. The van der Waals surface area contributed by atoms with E-state index in [1.807, 2.05) is 0 Å². The fraction of sp³-hybridized carbons (Fsp3) is 0.400. The molecule has 0 radical (unpaired) electrons. The quantitative estimate of drug-likeness (QED) is 0.735. The van der Waals surface area contributed by atoms with E-state index in [0.29, 0.717) is 6.04 Å². The summed E-state index contributed by atoms with van der Waals surface area (Å²) in [4.78, 5) is 0. The monoisotopic (exact) mass is 279 g/mol. The summed E-state index contributed by atoms with van der Waals surface area (Å²) in [7, 11) is 0. The summed E-state index contributed by atoms with van der Waals surface area (Å²) in [5.41, 5.74) is 4.30. The molecule has 3 rings (SSSR count). The van der Waals surface area contributed by atoms with Crippen LogP contribution in [0.4, 0.5) is 0 Å². The number of hydrogen-bond donors (Lipinski definition) is 1. The molecule has 1 saturated carbocycles. The number of hydrogen-bond acceptors (Lipinski definition) is 1. The first kappa shape index (κ1) is 14.3. The maximum atomic E-state index is 3.72. The zero-order chi connectivity index (χ0) is 14.5. The molecule has 1 fully saturated rings. The van der Waals surface area contributed by atoms with Crippen LogP contribution in [0, 0.1) is 0 Å². The Morgan fingerprint density at radius 1 is 1.00 bits per heavy atom. The zero-order valence-electron chi connectivity index (χ0n) is 12.9. The van der Waals surface area contributed by atoms with E-state index in [1.54, 1.807) is 0 Å². The molecular weight excluding hydrogens is 254 g/mol. The van der Waals surface area contributed by atoms with Gasteiger partial charge in [-0.25, -0.2) is 0 Å². The molecule has 0 amide bonds. The van der Waals surface area contributed by atoms with Crippen LogP contribution in [0.5, 0.6) is 0 Å². The van der Waals surface area contributed by atoms with Gasteiger partial charge in [0.2, 0.25) is 0 Å². The molecule has 0 heterocycles. The Labute approximate surface area is 128 Å². The smallest absolute Gasteiger partial charge is 0.0323 e. The van der Waals surface area contributed by atoms with Gasteiger partial charge < -0.3 is 5.32 Å². The first-order valence-electron chi connectivity index (χ1n) is 8.24. The standard InChI is InChI=1S/C20H25N/c1-2-6-20(19-7-4-3-5-8-19)21-15-16-9-11-17(12-10-16)18-13-14-18/h3-5,7-12,18,20-21H,2,6,13-15H2,1H3. The van der Waals surface area contributed by atoms with E-state index < -0.39 is 0 Å². The summed E-state index contributed by atoms with van der Waals surface area (Å²) in [6.45, 7) is 3.20. The summed E-state index contributed by atoms with van der Waals surface area (Å²) in [5.74, 6) is 0.851. The van der Waals surface area contributed by atoms with Gasteiger partial charge in [0.25, 0.3) is 0 Å². The topological polar surface area (TPSA) is 12.0 Å². The van der Waals surface area contributed by atoms with E-state index >= 15 is 0 Å². The van der Waals surface area contributed by atoms with Gasteiger partial charge in [0.05, 0.1) is 0 Å². The molecule has 1 heteroatoms. The second-order valence-corrected chi connectivity index (χ2v) is 6.15. The van der Waals surface area contributed by atoms with Crippen LogP contribution in [-0.4, -0.2) is 0 Å². The minimum atomic E-state index is 0.458. The normalized spacial score (nSPS) is 15.9. The lowest BCUT2D eigenvalue weighted by molar-refractivity contribution is 0.493. The Balaban J connectivity index is 1.60. The summed E-state index contributed by atoms with van der Waals surface area (Å²) < 4.78 is 0. The van der Waals surface area contributed by atoms with Crippen molar-refractivity contribution in [3.05, 3.63) is 71.3 Å². The Kier molecular flexibility index (Phi) is 4.72. The zero-order valence-corrected chi connectivity index (χ0v) is 12.9. The molecule has 0 aromatic heterocycles. The average Bonchev–Trinajstić information content (AvgIpc) is 3.38. The molecule has 110 valence electrons. The molecule has 0 aliphatic heterocycles. The molecule has 1 nitrogen and oxygen atoms in total. The predicted octanol–water partition coefficient (Wildman–Crippen LogP) is 5.20. The second-order valence-electron chi connectivity index (χ2n) is 6.15. The highest BCUT2D eigenvalue weighted by Gasteiger charge is 2.22. The lowest BCUT2D eigenvalue weighted by Crippen LogP contribution is -2.20. The van der Waals surface area contributed by atoms with Crippen LogP contribution in [0.1, 0.15) is 61.3 Å². The molecular formula is C20H25N. The van der Waals surface area contributed by atoms with E-state index in [0.717, 1.165) is 12.5 Å². The molecule has 0 spiro atoms. The van der Waals surface area contributed by atoms with Gasteiger partial charge in [-0.3, -0.25) is 0 Å². The van der Waals surface area contributed by atoms with Crippen molar-refractivity contribution in [2.24, 2.45) is 0 Å². The van der Waals surface area contributed by atoms with Crippen molar-refractivity contribution in [3.63, 3.8) is 0 Å². The third-order valence-corrected chi connectivity index (χ3v) is 4.36. The van der Waals surface area contributed by atoms with Crippen LogP contribution in [0.15, 0.2) is 54.6 Å². The highest BCUT2D eigenvalue weighted by atomic mass is 14.9. The number of benzene rings is 2. The molecule has 1 aliphatic carbocycles. The van der Waals surface area contributed by atoms with E-state index in [4.69, 9.17) is 0 Å². The Bertz CT molecular complexity index is 540. The van der Waals surface area contributed by atoms with Crippen molar-refractivity contribution in [1.82, 2.24) is 5.32 Å². The van der Waals surface area contributed by atoms with Gasteiger partial charge in [-0.2, -0.15) is 0 Å². The van der Waals surface area contributed by atoms with Crippen molar-refractivity contribution in [1.29, 1.82) is 0 Å². The van der Waals surface area contributed by atoms with Gasteiger partial charge in [-0.1, -0.05) is 67.9 Å². The SMILES string of the molecule is CCCC(NCc1ccc(C2CC2)cc1)c1ccccc1. The third kappa shape index (κ3) is 3.95. The van der Waals surface area contributed by atoms with Crippen molar-refractivity contribution in [2.75, 3.05) is 0 Å². The molecule has 1 unspecified atom stereocenters. The van der Waals surface area contributed by atoms with Crippen molar-refractivity contribution >= 4 is 0 Å².